The zero-order valence-electron chi connectivity index (χ0n) is 11.4. The van der Waals surface area contributed by atoms with Crippen molar-refractivity contribution < 1.29 is 8.42 Å². The lowest BCUT2D eigenvalue weighted by Crippen LogP contribution is -2.44. The first kappa shape index (κ1) is 15.3. The van der Waals surface area contributed by atoms with Crippen LogP contribution in [0.4, 0.5) is 0 Å². The van der Waals surface area contributed by atoms with Gasteiger partial charge in [0.2, 0.25) is 0 Å². The molecule has 5 nitrogen and oxygen atoms in total. The molecule has 0 radical (unpaired) electrons. The van der Waals surface area contributed by atoms with E-state index in [2.05, 4.69) is 15.6 Å². The molecule has 6 heteroatoms. The summed E-state index contributed by atoms with van der Waals surface area (Å²) in [5.41, 5.74) is 0. The number of sulfone groups is 1. The summed E-state index contributed by atoms with van der Waals surface area (Å²) in [5, 5.41) is 6.55. The molecule has 0 aromatic heterocycles. The van der Waals surface area contributed by atoms with Crippen molar-refractivity contribution in [3.8, 4) is 0 Å². The van der Waals surface area contributed by atoms with Gasteiger partial charge in [-0.25, -0.2) is 8.42 Å². The summed E-state index contributed by atoms with van der Waals surface area (Å²) in [6.45, 7) is 3.12. The Hall–Kier alpha value is -0.780. The second-order valence-electron chi connectivity index (χ2n) is 4.87. The maximum absolute atomic E-state index is 11.1. The van der Waals surface area contributed by atoms with E-state index in [1.54, 1.807) is 0 Å². The molecule has 0 unspecified atom stereocenters. The van der Waals surface area contributed by atoms with Gasteiger partial charge in [-0.3, -0.25) is 4.99 Å². The molecule has 1 aliphatic rings. The quantitative estimate of drug-likeness (QED) is 0.578. The van der Waals surface area contributed by atoms with E-state index in [-0.39, 0.29) is 5.75 Å². The van der Waals surface area contributed by atoms with Crippen LogP contribution in [0.3, 0.4) is 0 Å². The molecule has 0 atom stereocenters. The molecule has 1 saturated carbocycles. The van der Waals surface area contributed by atoms with Gasteiger partial charge in [-0.1, -0.05) is 19.3 Å². The largest absolute Gasteiger partial charge is 0.357 e. The van der Waals surface area contributed by atoms with Crippen molar-refractivity contribution in [1.82, 2.24) is 10.6 Å². The third-order valence-corrected chi connectivity index (χ3v) is 3.95. The molecule has 0 bridgehead atoms. The van der Waals surface area contributed by atoms with E-state index in [1.165, 1.54) is 38.4 Å². The van der Waals surface area contributed by atoms with Crippen molar-refractivity contribution in [3.05, 3.63) is 0 Å². The first-order valence-corrected chi connectivity index (χ1v) is 8.80. The Labute approximate surface area is 110 Å². The van der Waals surface area contributed by atoms with Gasteiger partial charge in [0, 0.05) is 18.8 Å². The van der Waals surface area contributed by atoms with Crippen LogP contribution in [0, 0.1) is 0 Å². The summed E-state index contributed by atoms with van der Waals surface area (Å²) in [6.07, 6.45) is 7.44. The monoisotopic (exact) mass is 275 g/mol. The van der Waals surface area contributed by atoms with Gasteiger partial charge in [0.25, 0.3) is 0 Å². The topological polar surface area (TPSA) is 70.6 Å². The Morgan fingerprint density at radius 2 is 1.94 bits per heavy atom. The minimum atomic E-state index is -2.93. The molecule has 0 aliphatic heterocycles. The van der Waals surface area contributed by atoms with E-state index in [1.807, 2.05) is 6.92 Å². The van der Waals surface area contributed by atoms with Gasteiger partial charge in [-0.15, -0.1) is 0 Å². The number of hydrogen-bond acceptors (Lipinski definition) is 3. The van der Waals surface area contributed by atoms with Gasteiger partial charge < -0.3 is 10.6 Å². The van der Waals surface area contributed by atoms with Gasteiger partial charge in [-0.2, -0.15) is 0 Å². The number of nitrogens with one attached hydrogen (secondary N) is 2. The maximum Gasteiger partial charge on any atom is 0.191 e. The van der Waals surface area contributed by atoms with E-state index >= 15 is 0 Å². The third kappa shape index (κ3) is 6.83. The van der Waals surface area contributed by atoms with Crippen LogP contribution in [0.25, 0.3) is 0 Å². The van der Waals surface area contributed by atoms with Crippen LogP contribution >= 0.6 is 0 Å². The highest BCUT2D eigenvalue weighted by molar-refractivity contribution is 7.90. The van der Waals surface area contributed by atoms with Gasteiger partial charge in [0.1, 0.15) is 9.84 Å². The van der Waals surface area contributed by atoms with Crippen LogP contribution in [0.15, 0.2) is 4.99 Å². The van der Waals surface area contributed by atoms with Crippen LogP contribution in [-0.4, -0.2) is 45.5 Å². The van der Waals surface area contributed by atoms with Crippen molar-refractivity contribution in [2.75, 3.05) is 25.1 Å². The van der Waals surface area contributed by atoms with Crippen LogP contribution in [0.1, 0.15) is 39.0 Å². The Bertz CT molecular complexity index is 360. The highest BCUT2D eigenvalue weighted by Crippen LogP contribution is 2.17. The van der Waals surface area contributed by atoms with Gasteiger partial charge in [0.05, 0.1) is 12.3 Å². The predicted molar refractivity (Wildman–Crippen MR) is 75.7 cm³/mol. The number of nitrogens with zero attached hydrogens (tertiary/aromatic N) is 1. The van der Waals surface area contributed by atoms with Crippen molar-refractivity contribution >= 4 is 15.8 Å². The van der Waals surface area contributed by atoms with Gasteiger partial charge in [-0.05, 0) is 19.8 Å². The SMILES string of the molecule is CCNC(=NCCS(C)(=O)=O)NC1CCCCC1. The molecule has 106 valence electrons. The Kier molecular flexibility index (Phi) is 6.46. The van der Waals surface area contributed by atoms with Crippen molar-refractivity contribution in [3.63, 3.8) is 0 Å². The lowest BCUT2D eigenvalue weighted by molar-refractivity contribution is 0.410. The van der Waals surface area contributed by atoms with Crippen LogP contribution in [-0.2, 0) is 9.84 Å². The van der Waals surface area contributed by atoms with Crippen LogP contribution < -0.4 is 10.6 Å². The summed E-state index contributed by atoms with van der Waals surface area (Å²) in [6, 6.07) is 0.481. The molecule has 0 spiro atoms. The van der Waals surface area contributed by atoms with Crippen LogP contribution in [0.2, 0.25) is 0 Å². The first-order chi connectivity index (χ1) is 8.51. The standard InChI is InChI=1S/C12H25N3O2S/c1-3-13-12(14-9-10-18(2,16)17)15-11-7-5-4-6-8-11/h11H,3-10H2,1-2H3,(H2,13,14,15). The molecule has 1 fully saturated rings. The van der Waals surface area contributed by atoms with Gasteiger partial charge in [0.15, 0.2) is 5.96 Å². The average molecular weight is 275 g/mol. The molecule has 0 saturated heterocycles. The zero-order valence-corrected chi connectivity index (χ0v) is 12.2. The van der Waals surface area contributed by atoms with E-state index in [4.69, 9.17) is 0 Å². The highest BCUT2D eigenvalue weighted by Gasteiger charge is 2.14. The molecular weight excluding hydrogens is 250 g/mol. The molecular formula is C12H25N3O2S. The lowest BCUT2D eigenvalue weighted by Gasteiger charge is -2.24. The minimum absolute atomic E-state index is 0.105. The summed E-state index contributed by atoms with van der Waals surface area (Å²) < 4.78 is 22.1. The molecule has 2 N–H and O–H groups in total. The van der Waals surface area contributed by atoms with Crippen molar-refractivity contribution in [2.45, 2.75) is 45.1 Å². The molecule has 0 aromatic carbocycles. The second kappa shape index (κ2) is 7.61. The first-order valence-electron chi connectivity index (χ1n) is 6.74. The lowest BCUT2D eigenvalue weighted by atomic mass is 9.96. The van der Waals surface area contributed by atoms with E-state index < -0.39 is 9.84 Å². The molecule has 1 aliphatic carbocycles. The highest BCUT2D eigenvalue weighted by atomic mass is 32.2. The van der Waals surface area contributed by atoms with Crippen molar-refractivity contribution in [1.29, 1.82) is 0 Å². The molecule has 18 heavy (non-hydrogen) atoms. The maximum atomic E-state index is 11.1. The number of rotatable bonds is 5. The average Bonchev–Trinajstić information content (AvgIpc) is 2.29. The predicted octanol–water partition coefficient (Wildman–Crippen LogP) is 0.919. The fourth-order valence-electron chi connectivity index (χ4n) is 2.08. The Morgan fingerprint density at radius 1 is 1.28 bits per heavy atom. The summed E-state index contributed by atoms with van der Waals surface area (Å²) in [7, 11) is -2.93. The third-order valence-electron chi connectivity index (χ3n) is 3.02. The Balaban J connectivity index is 2.44. The summed E-state index contributed by atoms with van der Waals surface area (Å²) >= 11 is 0. The fraction of sp³-hybridized carbons (Fsp3) is 0.917. The number of aliphatic imine (C=N–C) groups is 1. The smallest absolute Gasteiger partial charge is 0.191 e. The normalized spacial score (nSPS) is 18.7. The molecule has 0 heterocycles. The van der Waals surface area contributed by atoms with E-state index in [0.717, 1.165) is 12.5 Å². The van der Waals surface area contributed by atoms with E-state index in [9.17, 15) is 8.42 Å². The van der Waals surface area contributed by atoms with Crippen molar-refractivity contribution in [2.24, 2.45) is 4.99 Å². The van der Waals surface area contributed by atoms with Crippen LogP contribution in [0.5, 0.6) is 0 Å². The molecule has 0 amide bonds. The second-order valence-corrected chi connectivity index (χ2v) is 7.13. The molecule has 1 rings (SSSR count). The van der Waals surface area contributed by atoms with Gasteiger partial charge >= 0.3 is 0 Å². The number of hydrogen-bond donors (Lipinski definition) is 2. The minimum Gasteiger partial charge on any atom is -0.357 e. The molecule has 0 aromatic rings. The van der Waals surface area contributed by atoms with E-state index in [0.29, 0.717) is 12.6 Å². The summed E-state index contributed by atoms with van der Waals surface area (Å²) in [5.74, 6) is 0.849. The fourth-order valence-corrected chi connectivity index (χ4v) is 2.51. The zero-order chi connectivity index (χ0) is 13.4. The Morgan fingerprint density at radius 3 is 2.50 bits per heavy atom. The summed E-state index contributed by atoms with van der Waals surface area (Å²) in [4.78, 5) is 4.31. The number of guanidine groups is 1.